The van der Waals surface area contributed by atoms with E-state index < -0.39 is 11.6 Å². The van der Waals surface area contributed by atoms with Crippen LogP contribution in [0.25, 0.3) is 22.3 Å². The summed E-state index contributed by atoms with van der Waals surface area (Å²) >= 11 is 0. The lowest BCUT2D eigenvalue weighted by Gasteiger charge is -2.29. The van der Waals surface area contributed by atoms with Crippen LogP contribution in [0.2, 0.25) is 0 Å². The predicted molar refractivity (Wildman–Crippen MR) is 146 cm³/mol. The molecule has 2 atom stereocenters. The fourth-order valence-electron chi connectivity index (χ4n) is 5.42. The molecule has 2 unspecified atom stereocenters. The van der Waals surface area contributed by atoms with Gasteiger partial charge >= 0.3 is 0 Å². The third-order valence-electron chi connectivity index (χ3n) is 7.65. The van der Waals surface area contributed by atoms with Crippen LogP contribution in [0.1, 0.15) is 88.9 Å². The van der Waals surface area contributed by atoms with Gasteiger partial charge in [0.25, 0.3) is 0 Å². The maximum atomic E-state index is 15.1. The zero-order valence-electron chi connectivity index (χ0n) is 22.2. The minimum Gasteiger partial charge on any atom is -0.373 e. The normalized spacial score (nSPS) is 17.8. The van der Waals surface area contributed by atoms with Gasteiger partial charge in [0.15, 0.2) is 11.6 Å². The molecule has 0 bridgehead atoms. The number of halogens is 3. The van der Waals surface area contributed by atoms with Gasteiger partial charge in [-0.25, -0.2) is 13.2 Å². The zero-order valence-corrected chi connectivity index (χ0v) is 22.2. The van der Waals surface area contributed by atoms with Gasteiger partial charge in [-0.2, -0.15) is 0 Å². The van der Waals surface area contributed by atoms with E-state index in [4.69, 9.17) is 4.74 Å². The van der Waals surface area contributed by atoms with Crippen LogP contribution in [0.3, 0.4) is 0 Å². The van der Waals surface area contributed by atoms with Gasteiger partial charge in [-0.3, -0.25) is 0 Å². The molecule has 0 N–H and O–H groups in total. The molecule has 1 heterocycles. The van der Waals surface area contributed by atoms with E-state index in [0.717, 1.165) is 57.1 Å². The fraction of sp³-hybridized carbons (Fsp3) is 0.455. The summed E-state index contributed by atoms with van der Waals surface area (Å²) in [6, 6.07) is 15.6. The highest BCUT2D eigenvalue weighted by Gasteiger charge is 2.23. The molecular formula is C33H39F3O. The summed E-state index contributed by atoms with van der Waals surface area (Å²) in [5, 5.41) is 0. The van der Waals surface area contributed by atoms with Crippen molar-refractivity contribution in [2.75, 3.05) is 6.61 Å². The van der Waals surface area contributed by atoms with Gasteiger partial charge in [-0.15, -0.1) is 0 Å². The number of benzene rings is 3. The molecule has 0 aliphatic carbocycles. The summed E-state index contributed by atoms with van der Waals surface area (Å²) in [5.41, 5.74) is 3.29. The van der Waals surface area contributed by atoms with Crippen LogP contribution in [0.5, 0.6) is 0 Å². The van der Waals surface area contributed by atoms with Crippen LogP contribution >= 0.6 is 0 Å². The first-order valence-corrected chi connectivity index (χ1v) is 14.0. The van der Waals surface area contributed by atoms with Gasteiger partial charge in [0.2, 0.25) is 0 Å². The number of ether oxygens (including phenoxy) is 1. The summed E-state index contributed by atoms with van der Waals surface area (Å²) in [6.45, 7) is 5.08. The fourth-order valence-corrected chi connectivity index (χ4v) is 5.42. The average Bonchev–Trinajstić information content (AvgIpc) is 2.92. The molecule has 0 radical (unpaired) electrons. The van der Waals surface area contributed by atoms with Gasteiger partial charge in [-0.05, 0) is 66.3 Å². The van der Waals surface area contributed by atoms with E-state index >= 15 is 4.39 Å². The lowest BCUT2D eigenvalue weighted by Crippen LogP contribution is -2.20. The molecular weight excluding hydrogens is 469 g/mol. The maximum Gasteiger partial charge on any atom is 0.166 e. The van der Waals surface area contributed by atoms with E-state index in [-0.39, 0.29) is 17.5 Å². The first-order chi connectivity index (χ1) is 18.0. The second-order valence-corrected chi connectivity index (χ2v) is 10.4. The number of aryl methyl sites for hydroxylation is 1. The van der Waals surface area contributed by atoms with E-state index in [1.807, 2.05) is 6.07 Å². The van der Waals surface area contributed by atoms with Crippen molar-refractivity contribution in [3.05, 3.63) is 83.2 Å². The largest absolute Gasteiger partial charge is 0.373 e. The van der Waals surface area contributed by atoms with Crippen LogP contribution in [0.15, 0.2) is 54.6 Å². The smallest absolute Gasteiger partial charge is 0.166 e. The number of hydrogen-bond donors (Lipinski definition) is 0. The Morgan fingerprint density at radius 3 is 2.08 bits per heavy atom. The van der Waals surface area contributed by atoms with Gasteiger partial charge < -0.3 is 4.74 Å². The molecule has 3 aromatic carbocycles. The summed E-state index contributed by atoms with van der Waals surface area (Å²) < 4.78 is 50.7. The predicted octanol–water partition coefficient (Wildman–Crippen LogP) is 10.2. The molecule has 198 valence electrons. The van der Waals surface area contributed by atoms with E-state index in [1.54, 1.807) is 48.5 Å². The third-order valence-corrected chi connectivity index (χ3v) is 7.65. The Morgan fingerprint density at radius 1 is 0.730 bits per heavy atom. The van der Waals surface area contributed by atoms with Crippen LogP contribution < -0.4 is 0 Å². The molecule has 3 aromatic rings. The Hall–Kier alpha value is -2.59. The summed E-state index contributed by atoms with van der Waals surface area (Å²) in [7, 11) is 0. The Morgan fingerprint density at radius 2 is 1.43 bits per heavy atom. The third kappa shape index (κ3) is 6.84. The SMILES string of the molecule is CCCCCCCc1ccc(-c2ccc(-c3ccc(C4CCC(CCC)CO4)cc3F)cc2)c(F)c1F. The Balaban J connectivity index is 1.43. The van der Waals surface area contributed by atoms with Gasteiger partial charge in [0.1, 0.15) is 5.82 Å². The number of hydrogen-bond acceptors (Lipinski definition) is 1. The number of unbranched alkanes of at least 4 members (excludes halogenated alkanes) is 4. The minimum atomic E-state index is -0.817. The first-order valence-electron chi connectivity index (χ1n) is 14.0. The average molecular weight is 509 g/mol. The van der Waals surface area contributed by atoms with Crippen molar-refractivity contribution in [2.24, 2.45) is 5.92 Å². The highest BCUT2D eigenvalue weighted by atomic mass is 19.2. The van der Waals surface area contributed by atoms with Crippen LogP contribution in [-0.2, 0) is 11.2 Å². The van der Waals surface area contributed by atoms with Gasteiger partial charge in [0.05, 0.1) is 12.7 Å². The molecule has 1 fully saturated rings. The van der Waals surface area contributed by atoms with Crippen LogP contribution in [0, 0.1) is 23.4 Å². The molecule has 0 aromatic heterocycles. The maximum absolute atomic E-state index is 15.1. The van der Waals surface area contributed by atoms with Crippen molar-refractivity contribution < 1.29 is 17.9 Å². The van der Waals surface area contributed by atoms with E-state index in [1.165, 1.54) is 12.8 Å². The second-order valence-electron chi connectivity index (χ2n) is 10.4. The van der Waals surface area contributed by atoms with E-state index in [0.29, 0.717) is 34.6 Å². The molecule has 0 amide bonds. The molecule has 37 heavy (non-hydrogen) atoms. The van der Waals surface area contributed by atoms with Crippen molar-refractivity contribution in [3.8, 4) is 22.3 Å². The standard InChI is InChI=1S/C33H39F3O/c1-3-5-6-7-8-10-26-16-19-29(33(36)32(26)35)25-14-12-24(13-15-25)28-18-17-27(21-30(28)34)31-20-11-23(9-4-2)22-37-31/h12-19,21,23,31H,3-11,20,22H2,1-2H3. The number of rotatable bonds is 11. The molecule has 1 aliphatic rings. The Kier molecular flexibility index (Phi) is 9.85. The highest BCUT2D eigenvalue weighted by molar-refractivity contribution is 5.71. The quantitative estimate of drug-likeness (QED) is 0.234. The Labute approximate surface area is 220 Å². The summed E-state index contributed by atoms with van der Waals surface area (Å²) in [6.07, 6.45) is 10.2. The lowest BCUT2D eigenvalue weighted by atomic mass is 9.91. The van der Waals surface area contributed by atoms with Crippen molar-refractivity contribution in [1.29, 1.82) is 0 Å². The molecule has 1 saturated heterocycles. The second kappa shape index (κ2) is 13.3. The van der Waals surface area contributed by atoms with Gasteiger partial charge in [-0.1, -0.05) is 94.5 Å². The lowest BCUT2D eigenvalue weighted by molar-refractivity contribution is -0.0195. The van der Waals surface area contributed by atoms with E-state index in [9.17, 15) is 8.78 Å². The minimum absolute atomic E-state index is 0.0591. The summed E-state index contributed by atoms with van der Waals surface area (Å²) in [5.74, 6) is -1.27. The van der Waals surface area contributed by atoms with Gasteiger partial charge in [0, 0.05) is 11.1 Å². The van der Waals surface area contributed by atoms with Crippen molar-refractivity contribution >= 4 is 0 Å². The van der Waals surface area contributed by atoms with Crippen molar-refractivity contribution in [3.63, 3.8) is 0 Å². The Bertz CT molecular complexity index is 1150. The molecule has 1 aliphatic heterocycles. The van der Waals surface area contributed by atoms with Crippen molar-refractivity contribution in [2.45, 2.75) is 84.2 Å². The van der Waals surface area contributed by atoms with Crippen LogP contribution in [0.4, 0.5) is 13.2 Å². The molecule has 4 heteroatoms. The zero-order chi connectivity index (χ0) is 26.2. The monoisotopic (exact) mass is 508 g/mol. The highest BCUT2D eigenvalue weighted by Crippen LogP contribution is 2.35. The first kappa shape index (κ1) is 27.4. The molecule has 4 rings (SSSR count). The van der Waals surface area contributed by atoms with Crippen molar-refractivity contribution in [1.82, 2.24) is 0 Å². The van der Waals surface area contributed by atoms with Crippen LogP contribution in [-0.4, -0.2) is 6.61 Å². The molecule has 0 spiro atoms. The van der Waals surface area contributed by atoms with E-state index in [2.05, 4.69) is 13.8 Å². The molecule has 0 saturated carbocycles. The summed E-state index contributed by atoms with van der Waals surface area (Å²) in [4.78, 5) is 0. The topological polar surface area (TPSA) is 9.23 Å². The molecule has 1 nitrogen and oxygen atoms in total.